The van der Waals surface area contributed by atoms with Crippen molar-refractivity contribution in [3.8, 4) is 16.8 Å². The van der Waals surface area contributed by atoms with Gasteiger partial charge in [0, 0.05) is 18.8 Å². The van der Waals surface area contributed by atoms with Crippen molar-refractivity contribution < 1.29 is 26.7 Å². The minimum atomic E-state index is -3.07. The van der Waals surface area contributed by atoms with Gasteiger partial charge in [-0.1, -0.05) is 18.2 Å². The Morgan fingerprint density at radius 1 is 1.07 bits per heavy atom. The van der Waals surface area contributed by atoms with E-state index < -0.39 is 41.0 Å². The third-order valence-electron chi connectivity index (χ3n) is 3.87. The number of halogens is 5. The van der Waals surface area contributed by atoms with E-state index >= 15 is 0 Å². The van der Waals surface area contributed by atoms with Gasteiger partial charge in [0.05, 0.1) is 5.56 Å². The molecule has 4 nitrogen and oxygen atoms in total. The molecule has 0 aliphatic heterocycles. The smallest absolute Gasteiger partial charge is 0.282 e. The molecule has 9 heteroatoms. The number of carbonyl (C=O) groups is 1. The molecule has 3 aromatic rings. The summed E-state index contributed by atoms with van der Waals surface area (Å²) in [6, 6.07) is 6.71. The standard InChI is InChI=1S/C18H12F5N3O/c1-24-18(27)11-8-26(25-15(11)17(22)23)16-10(3-2-4-13(16)20)9-5-6-12(19)14(21)7-9/h2-8,17H,1H3,(H,24,27). The first-order valence-corrected chi connectivity index (χ1v) is 7.67. The predicted molar refractivity (Wildman–Crippen MR) is 87.2 cm³/mol. The van der Waals surface area contributed by atoms with Crippen LogP contribution in [0.5, 0.6) is 0 Å². The summed E-state index contributed by atoms with van der Waals surface area (Å²) in [6.45, 7) is 0. The first-order valence-electron chi connectivity index (χ1n) is 7.67. The van der Waals surface area contributed by atoms with Crippen molar-refractivity contribution in [3.63, 3.8) is 0 Å². The molecule has 0 saturated heterocycles. The van der Waals surface area contributed by atoms with E-state index in [9.17, 15) is 26.7 Å². The van der Waals surface area contributed by atoms with E-state index in [4.69, 9.17) is 0 Å². The van der Waals surface area contributed by atoms with Crippen molar-refractivity contribution in [2.45, 2.75) is 6.43 Å². The summed E-state index contributed by atoms with van der Waals surface area (Å²) in [5, 5.41) is 5.84. The molecular formula is C18H12F5N3O. The predicted octanol–water partition coefficient (Wildman–Crippen LogP) is 4.25. The molecule has 0 aliphatic rings. The van der Waals surface area contributed by atoms with Gasteiger partial charge >= 0.3 is 0 Å². The van der Waals surface area contributed by atoms with E-state index in [-0.39, 0.29) is 16.8 Å². The van der Waals surface area contributed by atoms with Crippen LogP contribution in [-0.2, 0) is 0 Å². The number of aromatic nitrogens is 2. The van der Waals surface area contributed by atoms with E-state index in [1.165, 1.54) is 25.2 Å². The van der Waals surface area contributed by atoms with Gasteiger partial charge in [-0.05, 0) is 23.8 Å². The number of alkyl halides is 2. The number of amides is 1. The quantitative estimate of drug-likeness (QED) is 0.687. The maximum atomic E-state index is 14.5. The van der Waals surface area contributed by atoms with Crippen LogP contribution in [0.4, 0.5) is 22.0 Å². The Labute approximate surface area is 150 Å². The second kappa shape index (κ2) is 7.18. The summed E-state index contributed by atoms with van der Waals surface area (Å²) in [6.07, 6.45) is -2.11. The lowest BCUT2D eigenvalue weighted by atomic mass is 10.0. The van der Waals surface area contributed by atoms with Crippen LogP contribution in [0.3, 0.4) is 0 Å². The molecule has 0 bridgehead atoms. The van der Waals surface area contributed by atoms with Crippen LogP contribution in [0.1, 0.15) is 22.5 Å². The van der Waals surface area contributed by atoms with Gasteiger partial charge in [-0.2, -0.15) is 5.10 Å². The molecule has 0 fully saturated rings. The fourth-order valence-corrected chi connectivity index (χ4v) is 2.62. The maximum Gasteiger partial charge on any atom is 0.282 e. The van der Waals surface area contributed by atoms with E-state index in [0.717, 1.165) is 29.1 Å². The highest BCUT2D eigenvalue weighted by Gasteiger charge is 2.25. The minimum absolute atomic E-state index is 0.0840. The van der Waals surface area contributed by atoms with Crippen molar-refractivity contribution in [1.29, 1.82) is 0 Å². The first kappa shape index (κ1) is 18.6. The number of carbonyl (C=O) groups excluding carboxylic acids is 1. The normalized spacial score (nSPS) is 11.1. The van der Waals surface area contributed by atoms with Crippen LogP contribution < -0.4 is 5.32 Å². The molecule has 0 radical (unpaired) electrons. The van der Waals surface area contributed by atoms with Gasteiger partial charge in [0.15, 0.2) is 11.6 Å². The molecule has 140 valence electrons. The minimum Gasteiger partial charge on any atom is -0.355 e. The Bertz CT molecular complexity index is 1020. The SMILES string of the molecule is CNC(=O)c1cn(-c2c(F)cccc2-c2ccc(F)c(F)c2)nc1C(F)F. The summed E-state index contributed by atoms with van der Waals surface area (Å²) in [5.74, 6) is -3.90. The summed E-state index contributed by atoms with van der Waals surface area (Å²) in [5.41, 5.74) is -1.33. The van der Waals surface area contributed by atoms with Crippen molar-refractivity contribution in [3.05, 3.63) is 71.3 Å². The molecular weight excluding hydrogens is 369 g/mol. The molecule has 27 heavy (non-hydrogen) atoms. The van der Waals surface area contributed by atoms with E-state index in [2.05, 4.69) is 10.4 Å². The van der Waals surface area contributed by atoms with Gasteiger partial charge in [0.2, 0.25) is 0 Å². The zero-order valence-electron chi connectivity index (χ0n) is 13.8. The highest BCUT2D eigenvalue weighted by molar-refractivity contribution is 5.95. The highest BCUT2D eigenvalue weighted by atomic mass is 19.3. The van der Waals surface area contributed by atoms with Crippen LogP contribution in [0.2, 0.25) is 0 Å². The van der Waals surface area contributed by atoms with Gasteiger partial charge in [0.1, 0.15) is 17.2 Å². The Kier molecular flexibility index (Phi) is 4.93. The van der Waals surface area contributed by atoms with Crippen LogP contribution in [0.25, 0.3) is 16.8 Å². The lowest BCUT2D eigenvalue weighted by molar-refractivity contribution is 0.0948. The Hall–Kier alpha value is -3.23. The molecule has 0 saturated carbocycles. The average molecular weight is 381 g/mol. The topological polar surface area (TPSA) is 46.9 Å². The second-order valence-corrected chi connectivity index (χ2v) is 5.52. The zero-order valence-corrected chi connectivity index (χ0v) is 13.8. The van der Waals surface area contributed by atoms with E-state index in [1.54, 1.807) is 0 Å². The molecule has 1 heterocycles. The van der Waals surface area contributed by atoms with Gasteiger partial charge in [-0.3, -0.25) is 4.79 Å². The van der Waals surface area contributed by atoms with E-state index in [0.29, 0.717) is 0 Å². The van der Waals surface area contributed by atoms with Crippen molar-refractivity contribution >= 4 is 5.91 Å². The third-order valence-corrected chi connectivity index (χ3v) is 3.87. The molecule has 1 N–H and O–H groups in total. The number of para-hydroxylation sites is 1. The molecule has 0 unspecified atom stereocenters. The number of hydrogen-bond acceptors (Lipinski definition) is 2. The number of hydrogen-bond donors (Lipinski definition) is 1. The monoisotopic (exact) mass is 381 g/mol. The van der Waals surface area contributed by atoms with Crippen LogP contribution >= 0.6 is 0 Å². The van der Waals surface area contributed by atoms with Gasteiger partial charge in [-0.25, -0.2) is 26.6 Å². The molecule has 0 aliphatic carbocycles. The second-order valence-electron chi connectivity index (χ2n) is 5.52. The summed E-state index contributed by atoms with van der Waals surface area (Å²) in [7, 11) is 1.25. The van der Waals surface area contributed by atoms with Crippen molar-refractivity contribution in [2.75, 3.05) is 7.05 Å². The number of nitrogens with one attached hydrogen (secondary N) is 1. The Morgan fingerprint density at radius 2 is 1.81 bits per heavy atom. The molecule has 1 amide bonds. The average Bonchev–Trinajstić information content (AvgIpc) is 3.08. The lowest BCUT2D eigenvalue weighted by Crippen LogP contribution is -2.18. The summed E-state index contributed by atoms with van der Waals surface area (Å²) < 4.78 is 68.5. The third kappa shape index (κ3) is 3.40. The first-order chi connectivity index (χ1) is 12.8. The largest absolute Gasteiger partial charge is 0.355 e. The molecule has 2 aromatic carbocycles. The van der Waals surface area contributed by atoms with Crippen molar-refractivity contribution in [2.24, 2.45) is 0 Å². The van der Waals surface area contributed by atoms with Crippen LogP contribution in [0, 0.1) is 17.5 Å². The fourth-order valence-electron chi connectivity index (χ4n) is 2.62. The van der Waals surface area contributed by atoms with E-state index in [1.807, 2.05) is 0 Å². The number of rotatable bonds is 4. The van der Waals surface area contributed by atoms with Crippen LogP contribution in [-0.4, -0.2) is 22.7 Å². The van der Waals surface area contributed by atoms with Gasteiger partial charge in [-0.15, -0.1) is 0 Å². The highest BCUT2D eigenvalue weighted by Crippen LogP contribution is 2.31. The van der Waals surface area contributed by atoms with Gasteiger partial charge in [0.25, 0.3) is 12.3 Å². The Balaban J connectivity index is 2.23. The number of nitrogens with zero attached hydrogens (tertiary/aromatic N) is 2. The number of benzene rings is 2. The molecule has 0 spiro atoms. The molecule has 3 rings (SSSR count). The summed E-state index contributed by atoms with van der Waals surface area (Å²) >= 11 is 0. The Morgan fingerprint density at radius 3 is 2.44 bits per heavy atom. The zero-order chi connectivity index (χ0) is 19.7. The molecule has 1 aromatic heterocycles. The van der Waals surface area contributed by atoms with Crippen molar-refractivity contribution in [1.82, 2.24) is 15.1 Å². The van der Waals surface area contributed by atoms with Crippen LogP contribution in [0.15, 0.2) is 42.6 Å². The van der Waals surface area contributed by atoms with Gasteiger partial charge < -0.3 is 5.32 Å². The molecule has 0 atom stereocenters. The summed E-state index contributed by atoms with van der Waals surface area (Å²) in [4.78, 5) is 11.8. The lowest BCUT2D eigenvalue weighted by Gasteiger charge is -2.11. The maximum absolute atomic E-state index is 14.5. The fraction of sp³-hybridized carbons (Fsp3) is 0.111.